The van der Waals surface area contributed by atoms with Crippen LogP contribution in [0.2, 0.25) is 0 Å². The van der Waals surface area contributed by atoms with E-state index in [9.17, 15) is 9.59 Å². The Morgan fingerprint density at radius 1 is 0.967 bits per heavy atom. The molecule has 1 aromatic carbocycles. The highest BCUT2D eigenvalue weighted by Crippen LogP contribution is 2.24. The molecule has 2 N–H and O–H groups in total. The molecule has 3 rings (SSSR count). The van der Waals surface area contributed by atoms with Gasteiger partial charge in [-0.2, -0.15) is 0 Å². The zero-order valence-corrected chi connectivity index (χ0v) is 18.7. The van der Waals surface area contributed by atoms with Gasteiger partial charge in [0.15, 0.2) is 0 Å². The third kappa shape index (κ3) is 6.81. The largest absolute Gasteiger partial charge is 0.355 e. The van der Waals surface area contributed by atoms with Crippen LogP contribution >= 0.6 is 0 Å². The second-order valence-electron chi connectivity index (χ2n) is 8.78. The lowest BCUT2D eigenvalue weighted by Crippen LogP contribution is -2.51. The number of fused-ring (bicyclic) bond motifs is 1. The molecule has 0 radical (unpaired) electrons. The van der Waals surface area contributed by atoms with Gasteiger partial charge < -0.3 is 10.6 Å². The van der Waals surface area contributed by atoms with E-state index < -0.39 is 0 Å². The lowest BCUT2D eigenvalue weighted by atomic mass is 9.89. The molecule has 0 spiro atoms. The summed E-state index contributed by atoms with van der Waals surface area (Å²) in [7, 11) is 0. The zero-order valence-electron chi connectivity index (χ0n) is 18.7. The maximum Gasteiger partial charge on any atom is 0.234 e. The van der Waals surface area contributed by atoms with Gasteiger partial charge >= 0.3 is 0 Å². The number of hydrogen-bond donors (Lipinski definition) is 2. The summed E-state index contributed by atoms with van der Waals surface area (Å²) in [5, 5.41) is 6.14. The van der Waals surface area contributed by atoms with Crippen molar-refractivity contribution in [1.82, 2.24) is 20.4 Å². The second-order valence-corrected chi connectivity index (χ2v) is 8.78. The van der Waals surface area contributed by atoms with E-state index in [0.717, 1.165) is 52.0 Å². The summed E-state index contributed by atoms with van der Waals surface area (Å²) in [6.07, 6.45) is 7.01. The Kier molecular flexibility index (Phi) is 8.70. The highest BCUT2D eigenvalue weighted by molar-refractivity contribution is 5.79. The summed E-state index contributed by atoms with van der Waals surface area (Å²) < 4.78 is 0. The Morgan fingerprint density at radius 2 is 1.60 bits per heavy atom. The molecule has 1 aliphatic heterocycles. The van der Waals surface area contributed by atoms with Crippen LogP contribution in [0.3, 0.4) is 0 Å². The number of nitrogens with zero attached hydrogens (tertiary/aromatic N) is 2. The van der Waals surface area contributed by atoms with Crippen molar-refractivity contribution in [3.63, 3.8) is 0 Å². The number of amides is 2. The number of hydrogen-bond acceptors (Lipinski definition) is 4. The lowest BCUT2D eigenvalue weighted by molar-refractivity contribution is -0.125. The number of benzene rings is 1. The van der Waals surface area contributed by atoms with Gasteiger partial charge in [0, 0.05) is 32.7 Å². The van der Waals surface area contributed by atoms with E-state index in [-0.39, 0.29) is 17.9 Å². The lowest BCUT2D eigenvalue weighted by Gasteiger charge is -2.34. The first kappa shape index (κ1) is 22.8. The molecule has 0 saturated carbocycles. The first-order chi connectivity index (χ1) is 14.5. The molecule has 1 unspecified atom stereocenters. The van der Waals surface area contributed by atoms with Gasteiger partial charge in [-0.15, -0.1) is 0 Å². The maximum absolute atomic E-state index is 12.6. The Balaban J connectivity index is 1.38. The van der Waals surface area contributed by atoms with Crippen LogP contribution in [-0.4, -0.2) is 67.4 Å². The molecule has 1 aliphatic carbocycles. The van der Waals surface area contributed by atoms with E-state index >= 15 is 0 Å². The van der Waals surface area contributed by atoms with E-state index in [4.69, 9.17) is 0 Å². The Morgan fingerprint density at radius 3 is 2.27 bits per heavy atom. The SMILES string of the molecule is CCCCNC(=O)CN1CCN(CC(=O)NC(C)c2ccc3c(c2)CCCC3)CC1. The third-order valence-electron chi connectivity index (χ3n) is 6.30. The van der Waals surface area contributed by atoms with Crippen molar-refractivity contribution >= 4 is 11.8 Å². The molecule has 1 atom stereocenters. The van der Waals surface area contributed by atoms with Gasteiger partial charge in [0.1, 0.15) is 0 Å². The van der Waals surface area contributed by atoms with Crippen LogP contribution in [0.5, 0.6) is 0 Å². The van der Waals surface area contributed by atoms with Crippen molar-refractivity contribution in [2.45, 2.75) is 58.4 Å². The topological polar surface area (TPSA) is 64.7 Å². The average Bonchev–Trinajstić information content (AvgIpc) is 2.75. The minimum atomic E-state index is 0.0258. The molecule has 2 amide bonds. The fourth-order valence-corrected chi connectivity index (χ4v) is 4.37. The highest BCUT2D eigenvalue weighted by atomic mass is 16.2. The Hall–Kier alpha value is -1.92. The molecule has 6 heteroatoms. The van der Waals surface area contributed by atoms with E-state index in [0.29, 0.717) is 13.1 Å². The molecular weight excluding hydrogens is 376 g/mol. The van der Waals surface area contributed by atoms with Crippen LogP contribution in [0.15, 0.2) is 18.2 Å². The number of piperazine rings is 1. The van der Waals surface area contributed by atoms with Crippen LogP contribution in [-0.2, 0) is 22.4 Å². The molecule has 1 heterocycles. The fourth-order valence-electron chi connectivity index (χ4n) is 4.37. The van der Waals surface area contributed by atoms with Crippen molar-refractivity contribution in [3.05, 3.63) is 34.9 Å². The zero-order chi connectivity index (χ0) is 21.3. The molecule has 1 aromatic rings. The van der Waals surface area contributed by atoms with Crippen molar-refractivity contribution in [2.24, 2.45) is 0 Å². The summed E-state index contributed by atoms with van der Waals surface area (Å²) in [4.78, 5) is 28.9. The minimum absolute atomic E-state index is 0.0258. The van der Waals surface area contributed by atoms with Crippen molar-refractivity contribution in [3.8, 4) is 0 Å². The summed E-state index contributed by atoms with van der Waals surface area (Å²) in [5.41, 5.74) is 4.12. The molecule has 2 aliphatic rings. The number of aryl methyl sites for hydroxylation is 2. The van der Waals surface area contributed by atoms with Crippen LogP contribution < -0.4 is 10.6 Å². The smallest absolute Gasteiger partial charge is 0.234 e. The molecular formula is C24H38N4O2. The molecule has 0 bridgehead atoms. The van der Waals surface area contributed by atoms with E-state index in [1.54, 1.807) is 0 Å². The highest BCUT2D eigenvalue weighted by Gasteiger charge is 2.21. The second kappa shape index (κ2) is 11.5. The van der Waals surface area contributed by atoms with Crippen LogP contribution in [0.25, 0.3) is 0 Å². The normalized spacial score (nSPS) is 18.5. The standard InChI is InChI=1S/C24H38N4O2/c1-3-4-11-25-23(29)17-27-12-14-28(15-13-27)18-24(30)26-19(2)21-10-9-20-7-5-6-8-22(20)16-21/h9-10,16,19H,3-8,11-15,17-18H2,1-2H3,(H,25,29)(H,26,30). The number of carbonyl (C=O) groups excluding carboxylic acids is 2. The summed E-state index contributed by atoms with van der Waals surface area (Å²) in [5.74, 6) is 0.180. The Bertz CT molecular complexity index is 713. The molecule has 1 saturated heterocycles. The number of carbonyl (C=O) groups is 2. The predicted octanol–water partition coefficient (Wildman–Crippen LogP) is 2.28. The van der Waals surface area contributed by atoms with Crippen molar-refractivity contribution in [1.29, 1.82) is 0 Å². The van der Waals surface area contributed by atoms with Gasteiger partial charge in [-0.3, -0.25) is 19.4 Å². The van der Waals surface area contributed by atoms with Gasteiger partial charge in [0.25, 0.3) is 0 Å². The first-order valence-corrected chi connectivity index (χ1v) is 11.7. The number of rotatable bonds is 9. The third-order valence-corrected chi connectivity index (χ3v) is 6.30. The minimum Gasteiger partial charge on any atom is -0.355 e. The van der Waals surface area contributed by atoms with Crippen LogP contribution in [0.4, 0.5) is 0 Å². The van der Waals surface area contributed by atoms with E-state index in [1.807, 2.05) is 0 Å². The van der Waals surface area contributed by atoms with E-state index in [1.165, 1.54) is 36.0 Å². The summed E-state index contributed by atoms with van der Waals surface area (Å²) in [6.45, 7) is 9.13. The summed E-state index contributed by atoms with van der Waals surface area (Å²) >= 11 is 0. The van der Waals surface area contributed by atoms with E-state index in [2.05, 4.69) is 52.5 Å². The van der Waals surface area contributed by atoms with Gasteiger partial charge in [0.05, 0.1) is 19.1 Å². The fraction of sp³-hybridized carbons (Fsp3) is 0.667. The van der Waals surface area contributed by atoms with Crippen LogP contribution in [0.1, 0.15) is 62.3 Å². The first-order valence-electron chi connectivity index (χ1n) is 11.7. The Labute approximate surface area is 181 Å². The molecule has 0 aromatic heterocycles. The molecule has 30 heavy (non-hydrogen) atoms. The van der Waals surface area contributed by atoms with Gasteiger partial charge in [-0.25, -0.2) is 0 Å². The van der Waals surface area contributed by atoms with Crippen molar-refractivity contribution in [2.75, 3.05) is 45.8 Å². The number of nitrogens with one attached hydrogen (secondary N) is 2. The predicted molar refractivity (Wildman–Crippen MR) is 120 cm³/mol. The molecule has 6 nitrogen and oxygen atoms in total. The monoisotopic (exact) mass is 414 g/mol. The number of unbranched alkanes of at least 4 members (excludes halogenated alkanes) is 1. The average molecular weight is 415 g/mol. The summed E-state index contributed by atoms with van der Waals surface area (Å²) in [6, 6.07) is 6.71. The van der Waals surface area contributed by atoms with Gasteiger partial charge in [-0.05, 0) is 55.7 Å². The maximum atomic E-state index is 12.6. The van der Waals surface area contributed by atoms with Gasteiger partial charge in [0.2, 0.25) is 11.8 Å². The van der Waals surface area contributed by atoms with Crippen LogP contribution in [0, 0.1) is 0 Å². The quantitative estimate of drug-likeness (QED) is 0.609. The molecule has 1 fully saturated rings. The van der Waals surface area contributed by atoms with Crippen molar-refractivity contribution < 1.29 is 9.59 Å². The van der Waals surface area contributed by atoms with Gasteiger partial charge in [-0.1, -0.05) is 31.5 Å². The molecule has 166 valence electrons.